The van der Waals surface area contributed by atoms with Crippen LogP contribution in [0, 0.1) is 6.92 Å². The molecule has 0 aromatic heterocycles. The molecule has 0 atom stereocenters. The van der Waals surface area contributed by atoms with E-state index in [1.807, 2.05) is 31.2 Å². The number of sulfonamides is 1. The van der Waals surface area contributed by atoms with Crippen LogP contribution in [0.25, 0.3) is 0 Å². The number of hydrogen-bond donors (Lipinski definition) is 1. The Balaban J connectivity index is 1.91. The summed E-state index contributed by atoms with van der Waals surface area (Å²) >= 11 is 3.38. The third-order valence-corrected chi connectivity index (χ3v) is 6.18. The number of rotatable bonds is 8. The Morgan fingerprint density at radius 3 is 2.59 bits per heavy atom. The van der Waals surface area contributed by atoms with Gasteiger partial charge in [0.2, 0.25) is 15.9 Å². The minimum Gasteiger partial charge on any atom is -0.494 e. The maximum absolute atomic E-state index is 12.2. The molecule has 2 rings (SSSR count). The number of hydrogen-bond acceptors (Lipinski definition) is 4. The number of nitrogens with one attached hydrogen (secondary N) is 1. The van der Waals surface area contributed by atoms with Gasteiger partial charge >= 0.3 is 0 Å². The fourth-order valence-electron chi connectivity index (χ4n) is 2.30. The van der Waals surface area contributed by atoms with Crippen molar-refractivity contribution in [3.8, 4) is 5.75 Å². The lowest BCUT2D eigenvalue weighted by atomic mass is 10.2. The maximum atomic E-state index is 12.2. The molecule has 1 N–H and O–H groups in total. The minimum atomic E-state index is -3.55. The van der Waals surface area contributed by atoms with Crippen LogP contribution in [0.1, 0.15) is 18.4 Å². The van der Waals surface area contributed by atoms with Gasteiger partial charge in [0.25, 0.3) is 0 Å². The molecule has 0 unspecified atom stereocenters. The van der Waals surface area contributed by atoms with Gasteiger partial charge in [0.15, 0.2) is 0 Å². The van der Waals surface area contributed by atoms with Crippen LogP contribution in [-0.4, -0.2) is 39.3 Å². The van der Waals surface area contributed by atoms with Crippen molar-refractivity contribution in [3.63, 3.8) is 0 Å². The van der Waals surface area contributed by atoms with Crippen molar-refractivity contribution in [3.05, 3.63) is 52.5 Å². The molecule has 8 heteroatoms. The van der Waals surface area contributed by atoms with Crippen molar-refractivity contribution < 1.29 is 17.9 Å². The second-order valence-electron chi connectivity index (χ2n) is 6.22. The monoisotopic (exact) mass is 454 g/mol. The van der Waals surface area contributed by atoms with Gasteiger partial charge in [0.05, 0.1) is 11.5 Å². The molecule has 6 nitrogen and oxygen atoms in total. The lowest BCUT2D eigenvalue weighted by Gasteiger charge is -2.14. The quantitative estimate of drug-likeness (QED) is 0.615. The Kier molecular flexibility index (Phi) is 7.41. The van der Waals surface area contributed by atoms with Gasteiger partial charge in [-0.25, -0.2) is 12.7 Å². The summed E-state index contributed by atoms with van der Waals surface area (Å²) in [6.45, 7) is 2.23. The van der Waals surface area contributed by atoms with Crippen molar-refractivity contribution in [1.82, 2.24) is 4.31 Å². The number of halogens is 1. The van der Waals surface area contributed by atoms with Gasteiger partial charge in [-0.1, -0.05) is 28.1 Å². The number of carbonyl (C=O) groups is 1. The molecule has 0 aliphatic carbocycles. The summed E-state index contributed by atoms with van der Waals surface area (Å²) in [5.74, 6) is 0.553. The largest absolute Gasteiger partial charge is 0.494 e. The molecule has 0 fully saturated rings. The van der Waals surface area contributed by atoms with Crippen LogP contribution in [0.3, 0.4) is 0 Å². The molecular weight excluding hydrogens is 432 g/mol. The van der Waals surface area contributed by atoms with Crippen LogP contribution in [0.5, 0.6) is 5.75 Å². The lowest BCUT2D eigenvalue weighted by Crippen LogP contribution is -2.22. The Hall–Kier alpha value is -1.90. The van der Waals surface area contributed by atoms with E-state index in [2.05, 4.69) is 21.2 Å². The SMILES string of the molecule is Cc1ccc(S(=O)(=O)N(C)C)cc1NC(=O)CCCOc1cccc(Br)c1. The van der Waals surface area contributed by atoms with Crippen molar-refractivity contribution in [2.45, 2.75) is 24.7 Å². The van der Waals surface area contributed by atoms with Crippen LogP contribution >= 0.6 is 15.9 Å². The van der Waals surface area contributed by atoms with E-state index >= 15 is 0 Å². The highest BCUT2D eigenvalue weighted by Gasteiger charge is 2.18. The zero-order valence-electron chi connectivity index (χ0n) is 15.5. The second kappa shape index (κ2) is 9.34. The molecule has 0 spiro atoms. The summed E-state index contributed by atoms with van der Waals surface area (Å²) in [4.78, 5) is 12.3. The summed E-state index contributed by atoms with van der Waals surface area (Å²) < 4.78 is 32.2. The number of amides is 1. The predicted molar refractivity (Wildman–Crippen MR) is 110 cm³/mol. The van der Waals surface area contributed by atoms with E-state index in [9.17, 15) is 13.2 Å². The summed E-state index contributed by atoms with van der Waals surface area (Å²) in [6.07, 6.45) is 0.825. The third-order valence-electron chi connectivity index (χ3n) is 3.87. The van der Waals surface area contributed by atoms with Crippen LogP contribution in [0.4, 0.5) is 5.69 Å². The highest BCUT2D eigenvalue weighted by molar-refractivity contribution is 9.10. The zero-order valence-corrected chi connectivity index (χ0v) is 17.9. The van der Waals surface area contributed by atoms with Gasteiger partial charge in [0, 0.05) is 30.7 Å². The molecule has 2 aromatic carbocycles. The van der Waals surface area contributed by atoms with E-state index in [0.717, 1.165) is 20.1 Å². The molecule has 146 valence electrons. The van der Waals surface area contributed by atoms with Crippen molar-refractivity contribution >= 4 is 37.5 Å². The first-order valence-electron chi connectivity index (χ1n) is 8.41. The highest BCUT2D eigenvalue weighted by Crippen LogP contribution is 2.22. The van der Waals surface area contributed by atoms with Crippen LogP contribution in [0.15, 0.2) is 51.8 Å². The Bertz CT molecular complexity index is 914. The first kappa shape index (κ1) is 21.4. The summed E-state index contributed by atoms with van der Waals surface area (Å²) in [5.41, 5.74) is 1.29. The van der Waals surface area contributed by atoms with E-state index in [4.69, 9.17) is 4.74 Å². The molecular formula is C19H23BrN2O4S. The van der Waals surface area contributed by atoms with E-state index in [1.165, 1.54) is 26.2 Å². The third kappa shape index (κ3) is 6.05. The van der Waals surface area contributed by atoms with Gasteiger partial charge in [0.1, 0.15) is 5.75 Å². The van der Waals surface area contributed by atoms with Gasteiger partial charge in [-0.2, -0.15) is 0 Å². The molecule has 0 radical (unpaired) electrons. The molecule has 0 saturated heterocycles. The molecule has 0 aliphatic heterocycles. The van der Waals surface area contributed by atoms with Crippen molar-refractivity contribution in [2.24, 2.45) is 0 Å². The number of carbonyl (C=O) groups excluding carboxylic acids is 1. The molecule has 0 aliphatic rings. The molecule has 2 aromatic rings. The number of benzene rings is 2. The van der Waals surface area contributed by atoms with Gasteiger partial charge in [-0.05, 0) is 49.2 Å². The van der Waals surface area contributed by atoms with E-state index in [1.54, 1.807) is 6.07 Å². The highest BCUT2D eigenvalue weighted by atomic mass is 79.9. The van der Waals surface area contributed by atoms with Gasteiger partial charge in [-0.3, -0.25) is 4.79 Å². The van der Waals surface area contributed by atoms with Crippen molar-refractivity contribution in [2.75, 3.05) is 26.0 Å². The lowest BCUT2D eigenvalue weighted by molar-refractivity contribution is -0.116. The predicted octanol–water partition coefficient (Wildman–Crippen LogP) is 3.81. The van der Waals surface area contributed by atoms with E-state index in [0.29, 0.717) is 18.7 Å². The Morgan fingerprint density at radius 1 is 1.19 bits per heavy atom. The van der Waals surface area contributed by atoms with Crippen LogP contribution < -0.4 is 10.1 Å². The molecule has 0 bridgehead atoms. The number of aryl methyl sites for hydroxylation is 1. The Labute approximate surface area is 168 Å². The van der Waals surface area contributed by atoms with Gasteiger partial charge in [-0.15, -0.1) is 0 Å². The van der Waals surface area contributed by atoms with Crippen LogP contribution in [0.2, 0.25) is 0 Å². The summed E-state index contributed by atoms with van der Waals surface area (Å²) in [6, 6.07) is 12.2. The van der Waals surface area contributed by atoms with Gasteiger partial charge < -0.3 is 10.1 Å². The van der Waals surface area contributed by atoms with Crippen LogP contribution in [-0.2, 0) is 14.8 Å². The average Bonchev–Trinajstić information content (AvgIpc) is 2.60. The number of nitrogens with zero attached hydrogens (tertiary/aromatic N) is 1. The average molecular weight is 455 g/mol. The standard InChI is InChI=1S/C19H23BrN2O4S/c1-14-9-10-17(27(24,25)22(2)3)13-18(14)21-19(23)8-5-11-26-16-7-4-6-15(20)12-16/h4,6-7,9-10,12-13H,5,8,11H2,1-3H3,(H,21,23). The zero-order chi connectivity index (χ0) is 20.0. The first-order valence-corrected chi connectivity index (χ1v) is 10.6. The molecule has 0 heterocycles. The van der Waals surface area contributed by atoms with Crippen molar-refractivity contribution in [1.29, 1.82) is 0 Å². The molecule has 1 amide bonds. The summed E-state index contributed by atoms with van der Waals surface area (Å²) in [7, 11) is -0.607. The minimum absolute atomic E-state index is 0.145. The normalized spacial score (nSPS) is 11.4. The summed E-state index contributed by atoms with van der Waals surface area (Å²) in [5, 5.41) is 2.78. The van der Waals surface area contributed by atoms with E-state index in [-0.39, 0.29) is 17.2 Å². The first-order chi connectivity index (χ1) is 12.7. The number of anilines is 1. The molecule has 27 heavy (non-hydrogen) atoms. The fourth-order valence-corrected chi connectivity index (χ4v) is 3.61. The number of ether oxygens (including phenoxy) is 1. The topological polar surface area (TPSA) is 75.7 Å². The molecule has 0 saturated carbocycles. The smallest absolute Gasteiger partial charge is 0.242 e. The van der Waals surface area contributed by atoms with E-state index < -0.39 is 10.0 Å². The fraction of sp³-hybridized carbons (Fsp3) is 0.316. The second-order valence-corrected chi connectivity index (χ2v) is 9.29. The Morgan fingerprint density at radius 2 is 1.93 bits per heavy atom. The maximum Gasteiger partial charge on any atom is 0.242 e.